The van der Waals surface area contributed by atoms with Gasteiger partial charge in [0.25, 0.3) is 0 Å². The van der Waals surface area contributed by atoms with Crippen molar-refractivity contribution in [2.45, 2.75) is 38.8 Å². The zero-order valence-electron chi connectivity index (χ0n) is 13.3. The number of piperidine rings is 1. The fraction of sp³-hybridized carbons (Fsp3) is 0.647. The predicted octanol–water partition coefficient (Wildman–Crippen LogP) is 2.67. The van der Waals surface area contributed by atoms with E-state index in [9.17, 15) is 0 Å². The van der Waals surface area contributed by atoms with Gasteiger partial charge in [0.2, 0.25) is 0 Å². The number of likely N-dealkylation sites (tertiary alicyclic amines) is 1. The Morgan fingerprint density at radius 3 is 2.80 bits per heavy atom. The molecule has 20 heavy (non-hydrogen) atoms. The Balaban J connectivity index is 2.02. The molecular formula is C17H28N2O. The van der Waals surface area contributed by atoms with Gasteiger partial charge in [0.15, 0.2) is 0 Å². The van der Waals surface area contributed by atoms with E-state index in [1.165, 1.54) is 36.1 Å². The second-order valence-electron chi connectivity index (χ2n) is 5.94. The molecule has 1 aliphatic rings. The molecular weight excluding hydrogens is 248 g/mol. The highest BCUT2D eigenvalue weighted by Gasteiger charge is 2.22. The van der Waals surface area contributed by atoms with Gasteiger partial charge in [-0.25, -0.2) is 0 Å². The van der Waals surface area contributed by atoms with Gasteiger partial charge in [-0.05, 0) is 57.0 Å². The summed E-state index contributed by atoms with van der Waals surface area (Å²) in [6.45, 7) is 7.65. The highest BCUT2D eigenvalue weighted by Crippen LogP contribution is 2.20. The molecule has 1 N–H and O–H groups in total. The second-order valence-corrected chi connectivity index (χ2v) is 5.94. The van der Waals surface area contributed by atoms with Crippen LogP contribution in [0.15, 0.2) is 18.2 Å². The van der Waals surface area contributed by atoms with Crippen LogP contribution >= 0.6 is 0 Å². The number of hydrogen-bond donors (Lipinski definition) is 1. The summed E-state index contributed by atoms with van der Waals surface area (Å²) in [4.78, 5) is 2.52. The molecule has 1 aromatic rings. The number of likely N-dealkylation sites (N-methyl/N-ethyl adjacent to an activating group) is 1. The Bertz CT molecular complexity index is 433. The molecule has 0 amide bonds. The normalized spacial score (nSPS) is 21.9. The summed E-state index contributed by atoms with van der Waals surface area (Å²) in [5, 5.41) is 3.46. The Morgan fingerprint density at radius 1 is 1.35 bits per heavy atom. The van der Waals surface area contributed by atoms with E-state index in [2.05, 4.69) is 49.3 Å². The summed E-state index contributed by atoms with van der Waals surface area (Å²) in [5.41, 5.74) is 4.12. The number of benzene rings is 1. The van der Waals surface area contributed by atoms with Crippen LogP contribution in [0, 0.1) is 13.8 Å². The van der Waals surface area contributed by atoms with Gasteiger partial charge in [-0.3, -0.25) is 4.90 Å². The van der Waals surface area contributed by atoms with Crippen LogP contribution in [0.1, 0.15) is 35.6 Å². The number of rotatable bonds is 5. The van der Waals surface area contributed by atoms with Crippen molar-refractivity contribution in [1.29, 1.82) is 0 Å². The Labute approximate surface area is 123 Å². The fourth-order valence-electron chi connectivity index (χ4n) is 2.97. The van der Waals surface area contributed by atoms with Crippen LogP contribution in [0.4, 0.5) is 0 Å². The minimum Gasteiger partial charge on any atom is -0.380 e. The molecule has 0 radical (unpaired) electrons. The van der Waals surface area contributed by atoms with Crippen LogP contribution in [0.25, 0.3) is 0 Å². The van der Waals surface area contributed by atoms with Crippen LogP contribution in [0.2, 0.25) is 0 Å². The van der Waals surface area contributed by atoms with Gasteiger partial charge in [0, 0.05) is 26.2 Å². The Hall–Kier alpha value is -0.900. The predicted molar refractivity (Wildman–Crippen MR) is 84.2 cm³/mol. The summed E-state index contributed by atoms with van der Waals surface area (Å²) in [7, 11) is 3.88. The average molecular weight is 276 g/mol. The number of nitrogens with one attached hydrogen (secondary N) is 1. The smallest absolute Gasteiger partial charge is 0.0698 e. The molecule has 0 aliphatic carbocycles. The van der Waals surface area contributed by atoms with E-state index in [0.29, 0.717) is 12.1 Å². The van der Waals surface area contributed by atoms with Crippen molar-refractivity contribution in [3.05, 3.63) is 34.9 Å². The molecule has 1 aromatic carbocycles. The zero-order chi connectivity index (χ0) is 14.5. The molecule has 2 atom stereocenters. The standard InChI is InChI=1S/C17H28N2O/c1-13-7-8-15(10-14(13)2)17(18-3)12-19-9-5-6-16(11-19)20-4/h7-8,10,16-18H,5-6,9,11-12H2,1-4H3. The number of nitrogens with zero attached hydrogens (tertiary/aromatic N) is 1. The number of methoxy groups -OCH3 is 1. The zero-order valence-corrected chi connectivity index (χ0v) is 13.3. The van der Waals surface area contributed by atoms with Crippen molar-refractivity contribution in [2.24, 2.45) is 0 Å². The Kier molecular flexibility index (Phi) is 5.58. The summed E-state index contributed by atoms with van der Waals surface area (Å²) in [6.07, 6.45) is 2.84. The minimum absolute atomic E-state index is 0.393. The average Bonchev–Trinajstić information content (AvgIpc) is 2.48. The summed E-state index contributed by atoms with van der Waals surface area (Å²) in [5.74, 6) is 0. The molecule has 2 rings (SSSR count). The number of aryl methyl sites for hydroxylation is 2. The third-order valence-electron chi connectivity index (χ3n) is 4.52. The van der Waals surface area contributed by atoms with Crippen LogP contribution in [0.3, 0.4) is 0 Å². The van der Waals surface area contributed by atoms with Crippen molar-refractivity contribution >= 4 is 0 Å². The molecule has 1 saturated heterocycles. The van der Waals surface area contributed by atoms with E-state index in [1.54, 1.807) is 0 Å². The molecule has 1 heterocycles. The molecule has 112 valence electrons. The lowest BCUT2D eigenvalue weighted by Crippen LogP contribution is -2.43. The lowest BCUT2D eigenvalue weighted by molar-refractivity contribution is 0.0283. The lowest BCUT2D eigenvalue weighted by Gasteiger charge is -2.34. The monoisotopic (exact) mass is 276 g/mol. The van der Waals surface area contributed by atoms with Crippen LogP contribution < -0.4 is 5.32 Å². The molecule has 0 aromatic heterocycles. The summed E-state index contributed by atoms with van der Waals surface area (Å²) in [6, 6.07) is 7.18. The topological polar surface area (TPSA) is 24.5 Å². The maximum absolute atomic E-state index is 5.52. The maximum atomic E-state index is 5.52. The second kappa shape index (κ2) is 7.21. The quantitative estimate of drug-likeness (QED) is 0.895. The van der Waals surface area contributed by atoms with Gasteiger partial charge >= 0.3 is 0 Å². The highest BCUT2D eigenvalue weighted by atomic mass is 16.5. The Morgan fingerprint density at radius 2 is 2.15 bits per heavy atom. The van der Waals surface area contributed by atoms with Crippen LogP contribution in [0.5, 0.6) is 0 Å². The van der Waals surface area contributed by atoms with E-state index in [4.69, 9.17) is 4.74 Å². The van der Waals surface area contributed by atoms with Crippen LogP contribution in [-0.2, 0) is 4.74 Å². The SMILES string of the molecule is CNC(CN1CCCC(OC)C1)c1ccc(C)c(C)c1. The molecule has 1 aliphatic heterocycles. The third-order valence-corrected chi connectivity index (χ3v) is 4.52. The maximum Gasteiger partial charge on any atom is 0.0698 e. The number of ether oxygens (including phenoxy) is 1. The van der Waals surface area contributed by atoms with Crippen molar-refractivity contribution in [3.8, 4) is 0 Å². The van der Waals surface area contributed by atoms with Gasteiger partial charge in [-0.2, -0.15) is 0 Å². The molecule has 3 nitrogen and oxygen atoms in total. The first-order valence-electron chi connectivity index (χ1n) is 7.63. The first-order valence-corrected chi connectivity index (χ1v) is 7.63. The molecule has 0 spiro atoms. The molecule has 2 unspecified atom stereocenters. The van der Waals surface area contributed by atoms with Crippen molar-refractivity contribution in [1.82, 2.24) is 10.2 Å². The largest absolute Gasteiger partial charge is 0.380 e. The van der Waals surface area contributed by atoms with E-state index < -0.39 is 0 Å². The number of hydrogen-bond acceptors (Lipinski definition) is 3. The van der Waals surface area contributed by atoms with Crippen molar-refractivity contribution in [3.63, 3.8) is 0 Å². The summed E-state index contributed by atoms with van der Waals surface area (Å²) < 4.78 is 5.52. The highest BCUT2D eigenvalue weighted by molar-refractivity contribution is 5.31. The van der Waals surface area contributed by atoms with Crippen LogP contribution in [-0.4, -0.2) is 44.8 Å². The van der Waals surface area contributed by atoms with Gasteiger partial charge in [-0.1, -0.05) is 18.2 Å². The summed E-state index contributed by atoms with van der Waals surface area (Å²) >= 11 is 0. The van der Waals surface area contributed by atoms with E-state index in [0.717, 1.165) is 13.1 Å². The minimum atomic E-state index is 0.393. The van der Waals surface area contributed by atoms with Crippen molar-refractivity contribution in [2.75, 3.05) is 33.8 Å². The van der Waals surface area contributed by atoms with Gasteiger partial charge < -0.3 is 10.1 Å². The first-order chi connectivity index (χ1) is 9.63. The molecule has 0 bridgehead atoms. The molecule has 0 saturated carbocycles. The first kappa shape index (κ1) is 15.5. The van der Waals surface area contributed by atoms with Gasteiger partial charge in [0.1, 0.15) is 0 Å². The lowest BCUT2D eigenvalue weighted by atomic mass is 9.99. The van der Waals surface area contributed by atoms with Gasteiger partial charge in [0.05, 0.1) is 6.10 Å². The van der Waals surface area contributed by atoms with Crippen molar-refractivity contribution < 1.29 is 4.74 Å². The van der Waals surface area contributed by atoms with Gasteiger partial charge in [-0.15, -0.1) is 0 Å². The van der Waals surface area contributed by atoms with E-state index in [-0.39, 0.29) is 0 Å². The van der Waals surface area contributed by atoms with E-state index >= 15 is 0 Å². The fourth-order valence-corrected chi connectivity index (χ4v) is 2.97. The third kappa shape index (κ3) is 3.81. The van der Waals surface area contributed by atoms with E-state index in [1.807, 2.05) is 7.11 Å². The molecule has 3 heteroatoms. The molecule has 1 fully saturated rings.